The Bertz CT molecular complexity index is 1260. The molecule has 2 aromatic carbocycles. The molecule has 1 aliphatic heterocycles. The van der Waals surface area contributed by atoms with E-state index in [0.29, 0.717) is 23.4 Å². The summed E-state index contributed by atoms with van der Waals surface area (Å²) in [4.78, 5) is 30.2. The molecule has 6 heteroatoms. The van der Waals surface area contributed by atoms with Gasteiger partial charge in [0.05, 0.1) is 18.9 Å². The number of hydrogen-bond donors (Lipinski definition) is 0. The van der Waals surface area contributed by atoms with Crippen LogP contribution in [0.25, 0.3) is 11.1 Å². The number of rotatable bonds is 6. The Morgan fingerprint density at radius 1 is 1.09 bits per heavy atom. The van der Waals surface area contributed by atoms with Gasteiger partial charge in [-0.05, 0) is 60.0 Å². The predicted molar refractivity (Wildman–Crippen MR) is 123 cm³/mol. The number of carbonyl (C=O) groups excluding carboxylic acids is 1. The third-order valence-corrected chi connectivity index (χ3v) is 5.74. The molecular formula is C26H25FN2O3. The van der Waals surface area contributed by atoms with E-state index in [1.54, 1.807) is 38.6 Å². The molecule has 0 N–H and O–H groups in total. The van der Waals surface area contributed by atoms with E-state index in [0.717, 1.165) is 28.7 Å². The Balaban J connectivity index is 2.01. The predicted octanol–water partition coefficient (Wildman–Crippen LogP) is 4.85. The van der Waals surface area contributed by atoms with Crippen molar-refractivity contribution < 1.29 is 13.9 Å². The monoisotopic (exact) mass is 432 g/mol. The van der Waals surface area contributed by atoms with Crippen LogP contribution in [0.15, 0.2) is 64.5 Å². The molecule has 0 radical (unpaired) electrons. The van der Waals surface area contributed by atoms with E-state index < -0.39 is 6.04 Å². The first-order valence-electron chi connectivity index (χ1n) is 10.7. The molecule has 1 atom stereocenters. The van der Waals surface area contributed by atoms with Crippen molar-refractivity contribution >= 4 is 11.5 Å². The van der Waals surface area contributed by atoms with E-state index in [1.165, 1.54) is 16.7 Å². The van der Waals surface area contributed by atoms with Crippen molar-refractivity contribution in [3.63, 3.8) is 0 Å². The highest BCUT2D eigenvalue weighted by Gasteiger charge is 2.27. The van der Waals surface area contributed by atoms with Gasteiger partial charge < -0.3 is 9.30 Å². The molecule has 0 saturated carbocycles. The number of benzene rings is 2. The fourth-order valence-electron chi connectivity index (χ4n) is 4.11. The molecular weight excluding hydrogens is 407 g/mol. The van der Waals surface area contributed by atoms with Crippen LogP contribution < -0.4 is 10.3 Å². The SMILES string of the molecule is CCCC(=O)C[C@@H]1N=C(c2ccc(F)cc2)c2ccc(OC)cc2-c2cn(C)c(=O)cc21. The Labute approximate surface area is 186 Å². The molecule has 164 valence electrons. The standard InChI is InChI=1S/C26H25FN2O3/c1-4-5-18(30)12-24-22-14-25(31)29(2)15-23(22)21-13-19(32-3)10-11-20(21)26(28-24)16-6-8-17(27)9-7-16/h6-11,13-15,24H,4-5,12H2,1-3H3/t24-/m0/s1. The second kappa shape index (κ2) is 8.91. The number of Topliss-reactive ketones (excluding diaryl/α,β-unsaturated/α-hetero) is 1. The van der Waals surface area contributed by atoms with Crippen molar-refractivity contribution in [2.45, 2.75) is 32.2 Å². The lowest BCUT2D eigenvalue weighted by atomic mass is 9.91. The molecule has 1 aliphatic rings. The van der Waals surface area contributed by atoms with Gasteiger partial charge >= 0.3 is 0 Å². The number of aryl methyl sites for hydroxylation is 1. The van der Waals surface area contributed by atoms with Crippen LogP contribution in [-0.4, -0.2) is 23.2 Å². The van der Waals surface area contributed by atoms with Gasteiger partial charge in [-0.2, -0.15) is 0 Å². The fourth-order valence-corrected chi connectivity index (χ4v) is 4.11. The second-order valence-corrected chi connectivity index (χ2v) is 8.00. The number of ketones is 1. The molecule has 0 saturated heterocycles. The van der Waals surface area contributed by atoms with Gasteiger partial charge in [-0.3, -0.25) is 14.6 Å². The highest BCUT2D eigenvalue weighted by atomic mass is 19.1. The summed E-state index contributed by atoms with van der Waals surface area (Å²) in [7, 11) is 3.30. The number of ether oxygens (including phenoxy) is 1. The number of nitrogens with zero attached hydrogens (tertiary/aromatic N) is 2. The van der Waals surface area contributed by atoms with E-state index in [1.807, 2.05) is 25.1 Å². The summed E-state index contributed by atoms with van der Waals surface area (Å²) in [6.07, 6.45) is 3.19. The van der Waals surface area contributed by atoms with Gasteiger partial charge in [0, 0.05) is 48.8 Å². The van der Waals surface area contributed by atoms with E-state index in [-0.39, 0.29) is 23.6 Å². The quantitative estimate of drug-likeness (QED) is 0.559. The topological polar surface area (TPSA) is 60.7 Å². The molecule has 2 heterocycles. The molecule has 32 heavy (non-hydrogen) atoms. The van der Waals surface area contributed by atoms with Crippen LogP contribution in [0.2, 0.25) is 0 Å². The molecule has 3 aromatic rings. The molecule has 5 nitrogen and oxygen atoms in total. The van der Waals surface area contributed by atoms with Crippen molar-refractivity contribution in [3.8, 4) is 16.9 Å². The first-order chi connectivity index (χ1) is 15.4. The van der Waals surface area contributed by atoms with Gasteiger partial charge in [0.2, 0.25) is 0 Å². The lowest BCUT2D eigenvalue weighted by Crippen LogP contribution is -2.18. The maximum atomic E-state index is 13.6. The minimum Gasteiger partial charge on any atom is -0.497 e. The lowest BCUT2D eigenvalue weighted by molar-refractivity contribution is -0.119. The first-order valence-corrected chi connectivity index (χ1v) is 10.7. The molecule has 0 fully saturated rings. The Morgan fingerprint density at radius 3 is 2.53 bits per heavy atom. The normalized spacial score (nSPS) is 14.8. The van der Waals surface area contributed by atoms with Crippen LogP contribution in [-0.2, 0) is 11.8 Å². The summed E-state index contributed by atoms with van der Waals surface area (Å²) < 4.78 is 20.6. The number of halogens is 1. The minimum absolute atomic E-state index is 0.0925. The number of aromatic nitrogens is 1. The number of pyridine rings is 1. The van der Waals surface area contributed by atoms with Crippen LogP contribution in [0.1, 0.15) is 48.9 Å². The smallest absolute Gasteiger partial charge is 0.250 e. The third kappa shape index (κ3) is 4.13. The minimum atomic E-state index is -0.517. The molecule has 0 spiro atoms. The van der Waals surface area contributed by atoms with Gasteiger partial charge in [-0.25, -0.2) is 4.39 Å². The highest BCUT2D eigenvalue weighted by molar-refractivity contribution is 6.17. The van der Waals surface area contributed by atoms with Crippen molar-refractivity contribution in [1.29, 1.82) is 0 Å². The molecule has 4 rings (SSSR count). The van der Waals surface area contributed by atoms with Crippen molar-refractivity contribution in [2.75, 3.05) is 7.11 Å². The van der Waals surface area contributed by atoms with Crippen LogP contribution in [0.5, 0.6) is 5.75 Å². The zero-order chi connectivity index (χ0) is 22.8. The maximum Gasteiger partial charge on any atom is 0.250 e. The summed E-state index contributed by atoms with van der Waals surface area (Å²) in [5, 5.41) is 0. The van der Waals surface area contributed by atoms with Crippen LogP contribution >= 0.6 is 0 Å². The summed E-state index contributed by atoms with van der Waals surface area (Å²) in [5.41, 5.74) is 4.46. The number of fused-ring (bicyclic) bond motifs is 3. The van der Waals surface area contributed by atoms with E-state index in [2.05, 4.69) is 0 Å². The molecule has 0 amide bonds. The Kier molecular flexibility index (Phi) is 6.04. The number of carbonyl (C=O) groups is 1. The lowest BCUT2D eigenvalue weighted by Gasteiger charge is -2.16. The van der Waals surface area contributed by atoms with E-state index in [4.69, 9.17) is 9.73 Å². The molecule has 0 aliphatic carbocycles. The third-order valence-electron chi connectivity index (χ3n) is 5.74. The zero-order valence-corrected chi connectivity index (χ0v) is 18.4. The summed E-state index contributed by atoms with van der Waals surface area (Å²) in [6, 6.07) is 12.9. The van der Waals surface area contributed by atoms with Crippen molar-refractivity contribution in [3.05, 3.63) is 87.6 Å². The maximum absolute atomic E-state index is 13.6. The Morgan fingerprint density at radius 2 is 1.84 bits per heavy atom. The van der Waals surface area contributed by atoms with Crippen molar-refractivity contribution in [1.82, 2.24) is 4.57 Å². The fraction of sp³-hybridized carbons (Fsp3) is 0.269. The molecule has 0 bridgehead atoms. The average Bonchev–Trinajstić information content (AvgIpc) is 2.90. The van der Waals surface area contributed by atoms with Crippen LogP contribution in [0, 0.1) is 5.82 Å². The average molecular weight is 432 g/mol. The largest absolute Gasteiger partial charge is 0.497 e. The summed E-state index contributed by atoms with van der Waals surface area (Å²) in [5.74, 6) is 0.427. The van der Waals surface area contributed by atoms with Gasteiger partial charge in [-0.1, -0.05) is 6.92 Å². The molecule has 0 unspecified atom stereocenters. The number of hydrogen-bond acceptors (Lipinski definition) is 4. The summed E-state index contributed by atoms with van der Waals surface area (Å²) in [6.45, 7) is 1.96. The van der Waals surface area contributed by atoms with E-state index >= 15 is 0 Å². The van der Waals surface area contributed by atoms with Gasteiger partial charge in [-0.15, -0.1) is 0 Å². The first kappa shape index (κ1) is 21.7. The van der Waals surface area contributed by atoms with Crippen molar-refractivity contribution in [2.24, 2.45) is 12.0 Å². The highest BCUT2D eigenvalue weighted by Crippen LogP contribution is 2.40. The zero-order valence-electron chi connectivity index (χ0n) is 18.4. The molecule has 1 aromatic heterocycles. The Hall–Kier alpha value is -3.54. The van der Waals surface area contributed by atoms with Gasteiger partial charge in [0.1, 0.15) is 17.3 Å². The van der Waals surface area contributed by atoms with Crippen LogP contribution in [0.4, 0.5) is 4.39 Å². The van der Waals surface area contributed by atoms with Crippen LogP contribution in [0.3, 0.4) is 0 Å². The number of aliphatic imine (C=N–C) groups is 1. The summed E-state index contributed by atoms with van der Waals surface area (Å²) >= 11 is 0. The number of methoxy groups -OCH3 is 1. The second-order valence-electron chi connectivity index (χ2n) is 8.00. The van der Waals surface area contributed by atoms with Gasteiger partial charge in [0.25, 0.3) is 5.56 Å². The van der Waals surface area contributed by atoms with E-state index in [9.17, 15) is 14.0 Å². The van der Waals surface area contributed by atoms with Gasteiger partial charge in [0.15, 0.2) is 0 Å².